The zero-order chi connectivity index (χ0) is 19.7. The molecule has 150 valence electrons. The first-order chi connectivity index (χ1) is 13.5. The zero-order valence-corrected chi connectivity index (χ0v) is 16.2. The molecule has 7 nitrogen and oxygen atoms in total. The van der Waals surface area contributed by atoms with E-state index in [9.17, 15) is 14.4 Å². The molecule has 1 N–H and O–H groups in total. The maximum absolute atomic E-state index is 12.8. The van der Waals surface area contributed by atoms with Gasteiger partial charge in [0.1, 0.15) is 19.8 Å². The van der Waals surface area contributed by atoms with E-state index in [1.54, 1.807) is 0 Å². The smallest absolute Gasteiger partial charge is 0.240 e. The lowest BCUT2D eigenvalue weighted by Gasteiger charge is -2.30. The molecule has 0 unspecified atom stereocenters. The van der Waals surface area contributed by atoms with E-state index in [1.165, 1.54) is 0 Å². The maximum atomic E-state index is 12.8. The summed E-state index contributed by atoms with van der Waals surface area (Å²) in [5, 5.41) is 2.88. The number of hydrogen-bond donors (Lipinski definition) is 1. The molecule has 1 saturated carbocycles. The van der Waals surface area contributed by atoms with E-state index in [0.29, 0.717) is 24.7 Å². The Hall–Kier alpha value is -2.57. The standard InChI is InChI=1S/C21H26N2O5/c1-14(15-5-6-16-17(11-15)28-10-9-27-16)22-18(24)13-23-19(25)12-21(20(23)26)7-3-2-4-8-21/h5-6,11,14H,2-4,7-10,12-13H2,1H3,(H,22,24)/t14-/m1/s1. The minimum absolute atomic E-state index is 0.167. The lowest BCUT2D eigenvalue weighted by atomic mass is 9.73. The predicted molar refractivity (Wildman–Crippen MR) is 101 cm³/mol. The Morgan fingerprint density at radius 2 is 1.86 bits per heavy atom. The van der Waals surface area contributed by atoms with Crippen LogP contribution in [0, 0.1) is 5.41 Å². The Morgan fingerprint density at radius 1 is 1.14 bits per heavy atom. The second kappa shape index (κ2) is 7.45. The van der Waals surface area contributed by atoms with Gasteiger partial charge in [-0.05, 0) is 37.5 Å². The Balaban J connectivity index is 1.39. The molecule has 1 aromatic carbocycles. The van der Waals surface area contributed by atoms with Gasteiger partial charge in [0.15, 0.2) is 11.5 Å². The quantitative estimate of drug-likeness (QED) is 0.803. The molecule has 0 aromatic heterocycles. The molecule has 0 bridgehead atoms. The van der Waals surface area contributed by atoms with Gasteiger partial charge in [-0.2, -0.15) is 0 Å². The molecular weight excluding hydrogens is 360 g/mol. The molecule has 3 amide bonds. The Bertz CT molecular complexity index is 800. The van der Waals surface area contributed by atoms with Crippen LogP contribution in [0.3, 0.4) is 0 Å². The highest BCUT2D eigenvalue weighted by molar-refractivity contribution is 6.08. The monoisotopic (exact) mass is 386 g/mol. The summed E-state index contributed by atoms with van der Waals surface area (Å²) in [6.07, 6.45) is 4.81. The van der Waals surface area contributed by atoms with Crippen molar-refractivity contribution in [1.29, 1.82) is 0 Å². The fraction of sp³-hybridized carbons (Fsp3) is 0.571. The average molecular weight is 386 g/mol. The second-order valence-electron chi connectivity index (χ2n) is 8.00. The zero-order valence-electron chi connectivity index (χ0n) is 16.2. The molecule has 1 atom stereocenters. The molecule has 7 heteroatoms. The van der Waals surface area contributed by atoms with Gasteiger partial charge in [-0.25, -0.2) is 0 Å². The molecule has 4 rings (SSSR count). The summed E-state index contributed by atoms with van der Waals surface area (Å²) in [5.74, 6) is 0.624. The van der Waals surface area contributed by atoms with Crippen molar-refractivity contribution in [1.82, 2.24) is 10.2 Å². The minimum atomic E-state index is -0.558. The molecule has 2 heterocycles. The van der Waals surface area contributed by atoms with E-state index in [0.717, 1.165) is 42.6 Å². The number of likely N-dealkylation sites (tertiary alicyclic amines) is 1. The Labute approximate surface area is 164 Å². The molecule has 1 aromatic rings. The van der Waals surface area contributed by atoms with Crippen molar-refractivity contribution in [3.8, 4) is 11.5 Å². The minimum Gasteiger partial charge on any atom is -0.486 e. The van der Waals surface area contributed by atoms with Crippen molar-refractivity contribution < 1.29 is 23.9 Å². The second-order valence-corrected chi connectivity index (χ2v) is 8.00. The molecule has 1 spiro atoms. The first-order valence-corrected chi connectivity index (χ1v) is 10.0. The molecule has 0 radical (unpaired) electrons. The van der Waals surface area contributed by atoms with Crippen molar-refractivity contribution in [3.05, 3.63) is 23.8 Å². The molecule has 1 aliphatic carbocycles. The van der Waals surface area contributed by atoms with Crippen molar-refractivity contribution in [3.63, 3.8) is 0 Å². The van der Waals surface area contributed by atoms with Crippen LogP contribution in [0.5, 0.6) is 11.5 Å². The van der Waals surface area contributed by atoms with E-state index in [-0.39, 0.29) is 36.7 Å². The highest BCUT2D eigenvalue weighted by atomic mass is 16.6. The first-order valence-electron chi connectivity index (χ1n) is 10.0. The lowest BCUT2D eigenvalue weighted by Crippen LogP contribution is -2.43. The van der Waals surface area contributed by atoms with Gasteiger partial charge in [-0.3, -0.25) is 19.3 Å². The van der Waals surface area contributed by atoms with Crippen LogP contribution in [0.15, 0.2) is 18.2 Å². The molecule has 28 heavy (non-hydrogen) atoms. The number of nitrogens with zero attached hydrogens (tertiary/aromatic N) is 1. The highest BCUT2D eigenvalue weighted by Gasteiger charge is 2.51. The lowest BCUT2D eigenvalue weighted by molar-refractivity contribution is -0.145. The van der Waals surface area contributed by atoms with E-state index in [2.05, 4.69) is 5.32 Å². The third kappa shape index (κ3) is 3.45. The SMILES string of the molecule is C[C@@H](NC(=O)CN1C(=O)CC2(CCCCC2)C1=O)c1ccc2c(c1)OCCO2. The van der Waals surface area contributed by atoms with Crippen LogP contribution in [-0.2, 0) is 14.4 Å². The van der Waals surface area contributed by atoms with Crippen molar-refractivity contribution in [2.24, 2.45) is 5.41 Å². The van der Waals surface area contributed by atoms with Crippen LogP contribution in [0.25, 0.3) is 0 Å². The normalized spacial score (nSPS) is 21.7. The Kier molecular flexibility index (Phi) is 5.00. The summed E-state index contributed by atoms with van der Waals surface area (Å²) >= 11 is 0. The van der Waals surface area contributed by atoms with Gasteiger partial charge in [0.05, 0.1) is 11.5 Å². The largest absolute Gasteiger partial charge is 0.486 e. The third-order valence-electron chi connectivity index (χ3n) is 6.05. The number of nitrogens with one attached hydrogen (secondary N) is 1. The van der Waals surface area contributed by atoms with Crippen LogP contribution < -0.4 is 14.8 Å². The van der Waals surface area contributed by atoms with Gasteiger partial charge >= 0.3 is 0 Å². The number of carbonyl (C=O) groups excluding carboxylic acids is 3. The van der Waals surface area contributed by atoms with E-state index in [1.807, 2.05) is 25.1 Å². The van der Waals surface area contributed by atoms with Gasteiger partial charge in [-0.15, -0.1) is 0 Å². The summed E-state index contributed by atoms with van der Waals surface area (Å²) < 4.78 is 11.1. The van der Waals surface area contributed by atoms with Crippen molar-refractivity contribution in [2.45, 2.75) is 51.5 Å². The van der Waals surface area contributed by atoms with Gasteiger partial charge in [-0.1, -0.05) is 25.3 Å². The topological polar surface area (TPSA) is 84.9 Å². The summed E-state index contributed by atoms with van der Waals surface area (Å²) in [4.78, 5) is 38.9. The number of hydrogen-bond acceptors (Lipinski definition) is 5. The number of benzene rings is 1. The fourth-order valence-corrected chi connectivity index (χ4v) is 4.48. The number of imide groups is 1. The van der Waals surface area contributed by atoms with Crippen molar-refractivity contribution in [2.75, 3.05) is 19.8 Å². The van der Waals surface area contributed by atoms with Crippen LogP contribution in [-0.4, -0.2) is 42.4 Å². The number of carbonyl (C=O) groups is 3. The van der Waals surface area contributed by atoms with Crippen LogP contribution in [0.1, 0.15) is 57.1 Å². The van der Waals surface area contributed by atoms with Gasteiger partial charge < -0.3 is 14.8 Å². The maximum Gasteiger partial charge on any atom is 0.240 e. The predicted octanol–water partition coefficient (Wildman–Crippen LogP) is 2.34. The molecular formula is C21H26N2O5. The number of rotatable bonds is 4. The number of amides is 3. The van der Waals surface area contributed by atoms with Gasteiger partial charge in [0.2, 0.25) is 17.7 Å². The molecule has 2 fully saturated rings. The summed E-state index contributed by atoms with van der Waals surface area (Å²) in [5.41, 5.74) is 0.317. The fourth-order valence-electron chi connectivity index (χ4n) is 4.48. The van der Waals surface area contributed by atoms with Crippen LogP contribution in [0.4, 0.5) is 0 Å². The number of ether oxygens (including phenoxy) is 2. The summed E-state index contributed by atoms with van der Waals surface area (Å²) in [7, 11) is 0. The van der Waals surface area contributed by atoms with Gasteiger partial charge in [0.25, 0.3) is 0 Å². The van der Waals surface area contributed by atoms with E-state index < -0.39 is 5.41 Å². The van der Waals surface area contributed by atoms with E-state index in [4.69, 9.17) is 9.47 Å². The summed E-state index contributed by atoms with van der Waals surface area (Å²) in [6, 6.07) is 5.27. The highest BCUT2D eigenvalue weighted by Crippen LogP contribution is 2.45. The third-order valence-corrected chi connectivity index (χ3v) is 6.05. The van der Waals surface area contributed by atoms with Gasteiger partial charge in [0, 0.05) is 6.42 Å². The molecule has 3 aliphatic rings. The van der Waals surface area contributed by atoms with Crippen molar-refractivity contribution >= 4 is 17.7 Å². The first kappa shape index (κ1) is 18.8. The summed E-state index contributed by atoms with van der Waals surface area (Å²) in [6.45, 7) is 2.67. The van der Waals surface area contributed by atoms with E-state index >= 15 is 0 Å². The van der Waals surface area contributed by atoms with Crippen LogP contribution in [0.2, 0.25) is 0 Å². The number of fused-ring (bicyclic) bond motifs is 1. The molecule has 1 saturated heterocycles. The molecule has 2 aliphatic heterocycles. The average Bonchev–Trinajstić information content (AvgIpc) is 2.92. The van der Waals surface area contributed by atoms with Crippen LogP contribution >= 0.6 is 0 Å². The Morgan fingerprint density at radius 3 is 2.61 bits per heavy atom.